The van der Waals surface area contributed by atoms with Crippen LogP contribution in [0, 0.1) is 17.3 Å². The van der Waals surface area contributed by atoms with Gasteiger partial charge in [-0.25, -0.2) is 0 Å². The summed E-state index contributed by atoms with van der Waals surface area (Å²) in [6, 6.07) is 16.8. The number of phenols is 1. The minimum atomic E-state index is -0.00513. The van der Waals surface area contributed by atoms with Crippen molar-refractivity contribution >= 4 is 5.91 Å². The fraction of sp³-hybridized carbons (Fsp3) is 0.594. The SMILES string of the molecule is CCCC1C2[C@@H](CN1C(=O)c1ccccc1)CC1(C)C3Cc4ccc(O)cc4C21CCN3CCN(C)C. The molecule has 2 saturated heterocycles. The monoisotopic (exact) mass is 501 g/mol. The van der Waals surface area contributed by atoms with E-state index in [1.165, 1.54) is 11.1 Å². The number of carbonyl (C=O) groups excluding carboxylic acids is 1. The highest BCUT2D eigenvalue weighted by Crippen LogP contribution is 2.71. The van der Waals surface area contributed by atoms with Gasteiger partial charge in [-0.2, -0.15) is 0 Å². The molecule has 2 aromatic rings. The molecule has 5 unspecified atom stereocenters. The van der Waals surface area contributed by atoms with Gasteiger partial charge in [0.1, 0.15) is 5.75 Å². The predicted molar refractivity (Wildman–Crippen MR) is 148 cm³/mol. The summed E-state index contributed by atoms with van der Waals surface area (Å²) in [5, 5.41) is 10.7. The molecule has 0 radical (unpaired) electrons. The molecule has 1 N–H and O–H groups in total. The van der Waals surface area contributed by atoms with E-state index in [1.54, 1.807) is 0 Å². The summed E-state index contributed by atoms with van der Waals surface area (Å²) in [6.45, 7) is 8.96. The summed E-state index contributed by atoms with van der Waals surface area (Å²) in [7, 11) is 4.34. The second kappa shape index (κ2) is 9.13. The number of hydrogen-bond donors (Lipinski definition) is 1. The van der Waals surface area contributed by atoms with Gasteiger partial charge in [-0.05, 0) is 99.0 Å². The second-order valence-electron chi connectivity index (χ2n) is 12.7. The van der Waals surface area contributed by atoms with Crippen molar-refractivity contribution in [2.24, 2.45) is 17.3 Å². The lowest BCUT2D eigenvalue weighted by atomic mass is 9.48. The minimum Gasteiger partial charge on any atom is -0.508 e. The van der Waals surface area contributed by atoms with E-state index in [4.69, 9.17) is 0 Å². The van der Waals surface area contributed by atoms with Crippen LogP contribution in [0.2, 0.25) is 0 Å². The normalized spacial score (nSPS) is 34.4. The molecular formula is C32H43N3O2. The Labute approximate surface area is 222 Å². The van der Waals surface area contributed by atoms with Crippen LogP contribution in [-0.2, 0) is 11.8 Å². The molecule has 6 rings (SSSR count). The smallest absolute Gasteiger partial charge is 0.254 e. The molecule has 3 fully saturated rings. The molecule has 2 bridgehead atoms. The summed E-state index contributed by atoms with van der Waals surface area (Å²) in [6.07, 6.45) is 5.45. The van der Waals surface area contributed by atoms with Gasteiger partial charge in [0, 0.05) is 42.7 Å². The van der Waals surface area contributed by atoms with Gasteiger partial charge in [-0.3, -0.25) is 9.69 Å². The Morgan fingerprint density at radius 3 is 2.68 bits per heavy atom. The average molecular weight is 502 g/mol. The Hall–Kier alpha value is -2.37. The van der Waals surface area contributed by atoms with E-state index < -0.39 is 0 Å². The predicted octanol–water partition coefficient (Wildman–Crippen LogP) is 4.79. The van der Waals surface area contributed by atoms with E-state index in [-0.39, 0.29) is 22.8 Å². The number of carbonyl (C=O) groups is 1. The Kier molecular flexibility index (Phi) is 6.15. The van der Waals surface area contributed by atoms with Crippen LogP contribution in [0.5, 0.6) is 5.75 Å². The van der Waals surface area contributed by atoms with Crippen LogP contribution < -0.4 is 0 Å². The molecule has 1 amide bonds. The van der Waals surface area contributed by atoms with Gasteiger partial charge < -0.3 is 14.9 Å². The zero-order valence-corrected chi connectivity index (χ0v) is 23.0. The third kappa shape index (κ3) is 3.60. The molecule has 2 aliphatic carbocycles. The second-order valence-corrected chi connectivity index (χ2v) is 12.7. The molecule has 5 nitrogen and oxygen atoms in total. The topological polar surface area (TPSA) is 47.0 Å². The molecule has 2 aliphatic heterocycles. The number of amides is 1. The fourth-order valence-corrected chi connectivity index (χ4v) is 9.35. The van der Waals surface area contributed by atoms with Gasteiger partial charge in [0.25, 0.3) is 5.91 Å². The van der Waals surface area contributed by atoms with Crippen LogP contribution in [-0.4, -0.2) is 78.1 Å². The highest BCUT2D eigenvalue weighted by Gasteiger charge is 2.72. The molecule has 0 aromatic heterocycles. The number of likely N-dealkylation sites (tertiary alicyclic amines) is 2. The molecule has 6 atom stereocenters. The van der Waals surface area contributed by atoms with E-state index in [0.717, 1.165) is 63.8 Å². The van der Waals surface area contributed by atoms with E-state index in [2.05, 4.69) is 54.8 Å². The third-order valence-electron chi connectivity index (χ3n) is 10.7. The standard InChI is InChI=1S/C32H43N3O2/c1-5-9-27-29-24(21-35(27)30(37)22-10-7-6-8-11-22)20-31(2)28-18-23-12-13-25(36)19-26(23)32(29,31)14-15-34(28)17-16-33(3)4/h6-8,10-13,19,24,27-29,36H,5,9,14-18,20-21H2,1-4H3/t24-,27?,28?,29?,31?,32?/m1/s1. The molecule has 2 heterocycles. The number of nitrogens with zero attached hydrogens (tertiary/aromatic N) is 3. The van der Waals surface area contributed by atoms with Crippen molar-refractivity contribution in [1.82, 2.24) is 14.7 Å². The third-order valence-corrected chi connectivity index (χ3v) is 10.7. The molecule has 1 saturated carbocycles. The Balaban J connectivity index is 1.45. The fourth-order valence-electron chi connectivity index (χ4n) is 9.35. The van der Waals surface area contributed by atoms with Gasteiger partial charge in [0.2, 0.25) is 0 Å². The molecule has 198 valence electrons. The summed E-state index contributed by atoms with van der Waals surface area (Å²) < 4.78 is 0. The van der Waals surface area contributed by atoms with Gasteiger partial charge in [-0.15, -0.1) is 0 Å². The summed E-state index contributed by atoms with van der Waals surface area (Å²) in [4.78, 5) is 21.2. The summed E-state index contributed by atoms with van der Waals surface area (Å²) >= 11 is 0. The lowest BCUT2D eigenvalue weighted by Crippen LogP contribution is -2.67. The van der Waals surface area contributed by atoms with Gasteiger partial charge in [-0.1, -0.05) is 44.5 Å². The first kappa shape index (κ1) is 24.9. The quantitative estimate of drug-likeness (QED) is 0.618. The van der Waals surface area contributed by atoms with Crippen molar-refractivity contribution in [2.75, 3.05) is 40.3 Å². The zero-order valence-electron chi connectivity index (χ0n) is 23.0. The van der Waals surface area contributed by atoms with Crippen LogP contribution in [0.3, 0.4) is 0 Å². The largest absolute Gasteiger partial charge is 0.508 e. The molecule has 2 aromatic carbocycles. The van der Waals surface area contributed by atoms with Gasteiger partial charge >= 0.3 is 0 Å². The zero-order chi connectivity index (χ0) is 25.9. The van der Waals surface area contributed by atoms with Crippen LogP contribution in [0.25, 0.3) is 0 Å². The number of aromatic hydroxyl groups is 1. The molecular weight excluding hydrogens is 458 g/mol. The van der Waals surface area contributed by atoms with Crippen LogP contribution >= 0.6 is 0 Å². The summed E-state index contributed by atoms with van der Waals surface area (Å²) in [5.74, 6) is 1.51. The molecule has 0 spiro atoms. The van der Waals surface area contributed by atoms with Crippen molar-refractivity contribution in [3.05, 3.63) is 65.2 Å². The average Bonchev–Trinajstić information content (AvgIpc) is 3.36. The lowest BCUT2D eigenvalue weighted by Gasteiger charge is -2.63. The van der Waals surface area contributed by atoms with E-state index >= 15 is 0 Å². The van der Waals surface area contributed by atoms with E-state index in [9.17, 15) is 9.90 Å². The number of rotatable bonds is 6. The maximum Gasteiger partial charge on any atom is 0.254 e. The van der Waals surface area contributed by atoms with Crippen molar-refractivity contribution in [2.45, 2.75) is 63.5 Å². The van der Waals surface area contributed by atoms with Crippen LogP contribution in [0.15, 0.2) is 48.5 Å². The number of hydrogen-bond acceptors (Lipinski definition) is 4. The van der Waals surface area contributed by atoms with Crippen molar-refractivity contribution < 1.29 is 9.90 Å². The van der Waals surface area contributed by atoms with Crippen molar-refractivity contribution in [3.8, 4) is 5.75 Å². The number of phenolic OH excluding ortho intramolecular Hbond substituents is 1. The first-order chi connectivity index (χ1) is 17.8. The maximum absolute atomic E-state index is 13.8. The number of likely N-dealkylation sites (N-methyl/N-ethyl adjacent to an activating group) is 1. The highest BCUT2D eigenvalue weighted by atomic mass is 16.3. The number of piperidine rings is 1. The number of benzene rings is 2. The Bertz CT molecular complexity index is 1170. The van der Waals surface area contributed by atoms with Crippen LogP contribution in [0.1, 0.15) is 61.0 Å². The first-order valence-electron chi connectivity index (χ1n) is 14.4. The molecule has 37 heavy (non-hydrogen) atoms. The van der Waals surface area contributed by atoms with Gasteiger partial charge in [0.15, 0.2) is 0 Å². The number of fused-ring (bicyclic) bond motifs is 2. The molecule has 4 aliphatic rings. The first-order valence-corrected chi connectivity index (χ1v) is 14.4. The maximum atomic E-state index is 13.8. The van der Waals surface area contributed by atoms with E-state index in [0.29, 0.717) is 23.6 Å². The minimum absolute atomic E-state index is 0.00513. The molecule has 5 heteroatoms. The van der Waals surface area contributed by atoms with E-state index in [1.807, 2.05) is 36.4 Å². The van der Waals surface area contributed by atoms with Crippen LogP contribution in [0.4, 0.5) is 0 Å². The summed E-state index contributed by atoms with van der Waals surface area (Å²) in [5.41, 5.74) is 3.75. The van der Waals surface area contributed by atoms with Crippen molar-refractivity contribution in [1.29, 1.82) is 0 Å². The Morgan fingerprint density at radius 2 is 1.95 bits per heavy atom. The Morgan fingerprint density at radius 1 is 1.16 bits per heavy atom. The van der Waals surface area contributed by atoms with Gasteiger partial charge in [0.05, 0.1) is 0 Å². The lowest BCUT2D eigenvalue weighted by molar-refractivity contribution is -0.0629. The van der Waals surface area contributed by atoms with Crippen molar-refractivity contribution in [3.63, 3.8) is 0 Å². The highest BCUT2D eigenvalue weighted by molar-refractivity contribution is 5.94.